The summed E-state index contributed by atoms with van der Waals surface area (Å²) in [7, 11) is -14.6. The quantitative estimate of drug-likeness (QED) is 0.151. The minimum Gasteiger partial charge on any atom is -0.450 e. The third-order valence-electron chi connectivity index (χ3n) is 6.59. The minimum absolute atomic E-state index is 0.126. The van der Waals surface area contributed by atoms with Gasteiger partial charge in [0, 0.05) is 0 Å². The maximum absolute atomic E-state index is 13.5. The van der Waals surface area contributed by atoms with Gasteiger partial charge in [0.1, 0.15) is 32.1 Å². The molecule has 0 saturated carbocycles. The molecule has 2 heterocycles. The van der Waals surface area contributed by atoms with Gasteiger partial charge in [0.15, 0.2) is 32.8 Å². The molecule has 0 spiro atoms. The number of aryl methyl sites for hydroxylation is 1. The standard InChI is InChI=1S/C25H16Cl2N4O10S3/c1-9-2-4-10(5-3-9)42(32,33)14-8-13-21(25(17(14)29)44(37,38)39)41-23-15(26)18-22(16(27)19(23)31-13)40-20-12(30-18)7-6-11(28)24(20)43(34,35)36/h2-8H,28-29H2,1H3,(H,34,35,36)(H,37,38,39). The molecular weight excluding hydrogens is 683 g/mol. The summed E-state index contributed by atoms with van der Waals surface area (Å²) in [6, 6.07) is 8.97. The van der Waals surface area contributed by atoms with Gasteiger partial charge in [-0.25, -0.2) is 18.4 Å². The Morgan fingerprint density at radius 3 is 1.73 bits per heavy atom. The predicted octanol–water partition coefficient (Wildman–Crippen LogP) is 3.91. The number of fused-ring (bicyclic) bond motifs is 4. The van der Waals surface area contributed by atoms with Crippen molar-refractivity contribution >= 4 is 76.0 Å². The molecule has 6 N–H and O–H groups in total. The smallest absolute Gasteiger partial charge is 0.300 e. The van der Waals surface area contributed by atoms with Crippen LogP contribution in [0.5, 0.6) is 23.0 Å². The zero-order chi connectivity index (χ0) is 32.1. The fourth-order valence-electron chi connectivity index (χ4n) is 4.60. The molecule has 6 rings (SSSR count). The highest BCUT2D eigenvalue weighted by Gasteiger charge is 2.36. The van der Waals surface area contributed by atoms with E-state index in [1.807, 2.05) is 0 Å². The van der Waals surface area contributed by atoms with Gasteiger partial charge in [-0.3, -0.25) is 9.11 Å². The number of benzene rings is 4. The SMILES string of the molecule is Cc1ccc(S(=O)(=O)c2cc3c(c(S(=O)(=O)O)c2N)Oc2c(Cl)c4c(c(Cl)c2=N3)Oc2c(ccc(N)c2S(=O)(=O)O)N=4)cc1. The third kappa shape index (κ3) is 4.55. The minimum atomic E-state index is -5.24. The monoisotopic (exact) mass is 698 g/mol. The van der Waals surface area contributed by atoms with Crippen LogP contribution >= 0.6 is 23.2 Å². The first-order chi connectivity index (χ1) is 20.4. The van der Waals surface area contributed by atoms with Crippen LogP contribution in [0.1, 0.15) is 5.56 Å². The average molecular weight is 700 g/mol. The molecule has 0 atom stereocenters. The zero-order valence-electron chi connectivity index (χ0n) is 21.7. The van der Waals surface area contributed by atoms with E-state index in [1.54, 1.807) is 6.92 Å². The van der Waals surface area contributed by atoms with Crippen LogP contribution in [0, 0.1) is 6.92 Å². The molecule has 0 amide bonds. The number of rotatable bonds is 4. The molecule has 2 aliphatic rings. The summed E-state index contributed by atoms with van der Waals surface area (Å²) in [6.45, 7) is 1.73. The van der Waals surface area contributed by atoms with Crippen molar-refractivity contribution in [1.82, 2.24) is 0 Å². The molecule has 228 valence electrons. The Bertz CT molecular complexity index is 2450. The molecule has 0 fully saturated rings. The highest BCUT2D eigenvalue weighted by molar-refractivity contribution is 7.91. The molecule has 0 unspecified atom stereocenters. The Balaban J connectivity index is 1.66. The van der Waals surface area contributed by atoms with E-state index in [-0.39, 0.29) is 48.5 Å². The first kappa shape index (κ1) is 30.1. The Labute approximate surface area is 258 Å². The van der Waals surface area contributed by atoms with Crippen molar-refractivity contribution in [2.45, 2.75) is 26.5 Å². The van der Waals surface area contributed by atoms with Crippen LogP contribution < -0.4 is 31.7 Å². The van der Waals surface area contributed by atoms with Gasteiger partial charge in [-0.05, 0) is 37.3 Å². The van der Waals surface area contributed by atoms with Gasteiger partial charge in [-0.15, -0.1) is 0 Å². The lowest BCUT2D eigenvalue weighted by atomic mass is 10.2. The number of halogens is 2. The van der Waals surface area contributed by atoms with E-state index in [0.717, 1.165) is 17.7 Å². The van der Waals surface area contributed by atoms with Crippen molar-refractivity contribution in [3.63, 3.8) is 0 Å². The lowest BCUT2D eigenvalue weighted by molar-refractivity contribution is 0.428. The fourth-order valence-corrected chi connectivity index (χ4v) is 8.09. The van der Waals surface area contributed by atoms with Crippen LogP contribution in [-0.4, -0.2) is 34.4 Å². The molecule has 0 radical (unpaired) electrons. The molecule has 44 heavy (non-hydrogen) atoms. The maximum atomic E-state index is 13.5. The van der Waals surface area contributed by atoms with Gasteiger partial charge in [-0.1, -0.05) is 40.9 Å². The van der Waals surface area contributed by atoms with Gasteiger partial charge >= 0.3 is 0 Å². The number of nitrogen functional groups attached to an aromatic ring is 2. The van der Waals surface area contributed by atoms with Gasteiger partial charge in [0.2, 0.25) is 9.84 Å². The normalized spacial score (nSPS) is 13.7. The molecule has 0 aromatic heterocycles. The van der Waals surface area contributed by atoms with E-state index in [0.29, 0.717) is 0 Å². The largest absolute Gasteiger partial charge is 0.450 e. The molecule has 0 aliphatic carbocycles. The van der Waals surface area contributed by atoms with Crippen LogP contribution in [0.3, 0.4) is 0 Å². The molecule has 0 saturated heterocycles. The van der Waals surface area contributed by atoms with Crippen molar-refractivity contribution in [3.8, 4) is 23.0 Å². The molecule has 4 aromatic carbocycles. The van der Waals surface area contributed by atoms with E-state index in [4.69, 9.17) is 44.1 Å². The van der Waals surface area contributed by atoms with E-state index < -0.39 is 67.6 Å². The van der Waals surface area contributed by atoms with E-state index in [1.165, 1.54) is 30.3 Å². The molecule has 14 nitrogen and oxygen atoms in total. The first-order valence-electron chi connectivity index (χ1n) is 11.9. The highest BCUT2D eigenvalue weighted by atomic mass is 35.5. The summed E-state index contributed by atoms with van der Waals surface area (Å²) in [5.41, 5.74) is 10.8. The summed E-state index contributed by atoms with van der Waals surface area (Å²) >= 11 is 13.2. The van der Waals surface area contributed by atoms with Crippen molar-refractivity contribution in [2.75, 3.05) is 11.5 Å². The summed E-state index contributed by atoms with van der Waals surface area (Å²) < 4.78 is 108. The summed E-state index contributed by atoms with van der Waals surface area (Å²) in [6.07, 6.45) is 0. The average Bonchev–Trinajstić information content (AvgIpc) is 2.92. The molecular formula is C25H16Cl2N4O10S3. The summed E-state index contributed by atoms with van der Waals surface area (Å²) in [5, 5.41) is -1.23. The molecule has 0 bridgehead atoms. The number of hydrogen-bond acceptors (Lipinski definition) is 12. The fraction of sp³-hybridized carbons (Fsp3) is 0.0400. The van der Waals surface area contributed by atoms with Crippen LogP contribution in [0.15, 0.2) is 72.0 Å². The second-order valence-electron chi connectivity index (χ2n) is 9.48. The van der Waals surface area contributed by atoms with Gasteiger partial charge in [-0.2, -0.15) is 16.8 Å². The van der Waals surface area contributed by atoms with Crippen molar-refractivity contribution in [2.24, 2.45) is 9.98 Å². The highest BCUT2D eigenvalue weighted by Crippen LogP contribution is 2.50. The number of nitrogens with two attached hydrogens (primary N) is 2. The van der Waals surface area contributed by atoms with Crippen molar-refractivity contribution < 1.29 is 43.8 Å². The van der Waals surface area contributed by atoms with Crippen LogP contribution in [0.2, 0.25) is 10.0 Å². The predicted molar refractivity (Wildman–Crippen MR) is 156 cm³/mol. The van der Waals surface area contributed by atoms with Crippen LogP contribution in [0.25, 0.3) is 0 Å². The van der Waals surface area contributed by atoms with Gasteiger partial charge < -0.3 is 20.9 Å². The maximum Gasteiger partial charge on any atom is 0.300 e. The number of anilines is 2. The number of hydrogen-bond donors (Lipinski definition) is 4. The van der Waals surface area contributed by atoms with Crippen LogP contribution in [-0.2, 0) is 30.1 Å². The lowest BCUT2D eigenvalue weighted by Crippen LogP contribution is -2.24. The Kier molecular flexibility index (Phi) is 6.67. The zero-order valence-corrected chi connectivity index (χ0v) is 25.7. The summed E-state index contributed by atoms with van der Waals surface area (Å²) in [4.78, 5) is 5.71. The number of sulfone groups is 1. The van der Waals surface area contributed by atoms with Gasteiger partial charge in [0.25, 0.3) is 20.2 Å². The second-order valence-corrected chi connectivity index (χ2v) is 14.9. The Morgan fingerprint density at radius 2 is 1.20 bits per heavy atom. The Morgan fingerprint density at radius 1 is 0.705 bits per heavy atom. The molecule has 2 aliphatic heterocycles. The second kappa shape index (κ2) is 9.77. The first-order valence-corrected chi connectivity index (χ1v) is 17.0. The number of nitrogens with zero attached hydrogens (tertiary/aromatic N) is 2. The molecule has 4 aromatic rings. The topological polar surface area (TPSA) is 238 Å². The van der Waals surface area contributed by atoms with Crippen molar-refractivity contribution in [1.29, 1.82) is 0 Å². The van der Waals surface area contributed by atoms with Crippen molar-refractivity contribution in [3.05, 3.63) is 68.8 Å². The summed E-state index contributed by atoms with van der Waals surface area (Å²) in [5.74, 6) is -1.84. The number of ether oxygens (including phenoxy) is 2. The van der Waals surface area contributed by atoms with E-state index in [2.05, 4.69) is 9.98 Å². The third-order valence-corrected chi connectivity index (χ3v) is 11.0. The van der Waals surface area contributed by atoms with E-state index >= 15 is 0 Å². The van der Waals surface area contributed by atoms with Crippen LogP contribution in [0.4, 0.5) is 22.7 Å². The van der Waals surface area contributed by atoms with E-state index in [9.17, 15) is 34.4 Å². The Hall–Kier alpha value is -3.97. The van der Waals surface area contributed by atoms with Gasteiger partial charge in [0.05, 0.1) is 21.2 Å². The lowest BCUT2D eigenvalue weighted by Gasteiger charge is -2.23. The molecule has 19 heteroatoms.